The molecule has 0 aliphatic heterocycles. The summed E-state index contributed by atoms with van der Waals surface area (Å²) in [6.45, 7) is 4.42. The van der Waals surface area contributed by atoms with Crippen LogP contribution in [0.1, 0.15) is 58.8 Å². The largest absolute Gasteiger partial charge is 0.481 e. The van der Waals surface area contributed by atoms with E-state index in [1.165, 1.54) is 26.3 Å². The molecule has 3 N–H and O–H groups in total. The summed E-state index contributed by atoms with van der Waals surface area (Å²) in [7, 11) is 1.50. The number of aliphatic carboxylic acids is 1. The lowest BCUT2D eigenvalue weighted by Crippen LogP contribution is -2.07. The SMILES string of the molecule is CCCCC.CN.O=C(O)C1CCCC1. The van der Waals surface area contributed by atoms with E-state index in [2.05, 4.69) is 19.6 Å². The van der Waals surface area contributed by atoms with Crippen LogP contribution in [0.2, 0.25) is 0 Å². The highest BCUT2D eigenvalue weighted by Gasteiger charge is 2.20. The second kappa shape index (κ2) is 13.4. The van der Waals surface area contributed by atoms with Crippen molar-refractivity contribution >= 4 is 5.97 Å². The van der Waals surface area contributed by atoms with Gasteiger partial charge in [0, 0.05) is 0 Å². The van der Waals surface area contributed by atoms with Crippen LogP contribution in [0.15, 0.2) is 0 Å². The fraction of sp³-hybridized carbons (Fsp3) is 0.917. The van der Waals surface area contributed by atoms with E-state index in [4.69, 9.17) is 5.11 Å². The maximum atomic E-state index is 10.2. The molecular formula is C12H27NO2. The van der Waals surface area contributed by atoms with E-state index in [1.54, 1.807) is 0 Å². The Morgan fingerprint density at radius 3 is 1.73 bits per heavy atom. The van der Waals surface area contributed by atoms with Gasteiger partial charge in [-0.05, 0) is 19.9 Å². The highest BCUT2D eigenvalue weighted by molar-refractivity contribution is 5.70. The predicted molar refractivity (Wildman–Crippen MR) is 64.9 cm³/mol. The van der Waals surface area contributed by atoms with Crippen LogP contribution < -0.4 is 5.73 Å². The third kappa shape index (κ3) is 11.4. The van der Waals surface area contributed by atoms with Crippen LogP contribution in [0.3, 0.4) is 0 Å². The molecular weight excluding hydrogens is 190 g/mol. The Balaban J connectivity index is 0. The molecule has 0 amide bonds. The molecule has 15 heavy (non-hydrogen) atoms. The van der Waals surface area contributed by atoms with Crippen molar-refractivity contribution in [1.29, 1.82) is 0 Å². The number of carbonyl (C=O) groups is 1. The number of nitrogens with two attached hydrogens (primary N) is 1. The minimum atomic E-state index is -0.609. The summed E-state index contributed by atoms with van der Waals surface area (Å²) < 4.78 is 0. The van der Waals surface area contributed by atoms with Crippen molar-refractivity contribution in [2.45, 2.75) is 58.8 Å². The van der Waals surface area contributed by atoms with Gasteiger partial charge in [0.25, 0.3) is 0 Å². The smallest absolute Gasteiger partial charge is 0.306 e. The van der Waals surface area contributed by atoms with Crippen LogP contribution in [0.25, 0.3) is 0 Å². The van der Waals surface area contributed by atoms with Gasteiger partial charge in [-0.15, -0.1) is 0 Å². The molecule has 1 fully saturated rings. The Morgan fingerprint density at radius 2 is 1.60 bits per heavy atom. The lowest BCUT2D eigenvalue weighted by Gasteiger charge is -1.97. The van der Waals surface area contributed by atoms with Gasteiger partial charge < -0.3 is 10.8 Å². The van der Waals surface area contributed by atoms with Gasteiger partial charge in [-0.1, -0.05) is 46.0 Å². The summed E-state index contributed by atoms with van der Waals surface area (Å²) in [6.07, 6.45) is 8.09. The van der Waals surface area contributed by atoms with Crippen molar-refractivity contribution in [2.75, 3.05) is 7.05 Å². The van der Waals surface area contributed by atoms with Crippen molar-refractivity contribution in [3.8, 4) is 0 Å². The van der Waals surface area contributed by atoms with Crippen molar-refractivity contribution in [1.82, 2.24) is 0 Å². The van der Waals surface area contributed by atoms with Gasteiger partial charge in [0.2, 0.25) is 0 Å². The van der Waals surface area contributed by atoms with E-state index in [9.17, 15) is 4.79 Å². The highest BCUT2D eigenvalue weighted by Crippen LogP contribution is 2.24. The van der Waals surface area contributed by atoms with Crippen LogP contribution >= 0.6 is 0 Å². The first-order valence-corrected chi connectivity index (χ1v) is 6.02. The minimum Gasteiger partial charge on any atom is -0.481 e. The molecule has 0 aromatic rings. The van der Waals surface area contributed by atoms with Crippen molar-refractivity contribution in [3.05, 3.63) is 0 Å². The summed E-state index contributed by atoms with van der Waals surface area (Å²) in [5.74, 6) is -0.627. The zero-order valence-corrected chi connectivity index (χ0v) is 10.5. The van der Waals surface area contributed by atoms with Crippen molar-refractivity contribution < 1.29 is 9.90 Å². The summed E-state index contributed by atoms with van der Waals surface area (Å²) in [5, 5.41) is 8.41. The molecule has 3 nitrogen and oxygen atoms in total. The summed E-state index contributed by atoms with van der Waals surface area (Å²) >= 11 is 0. The molecule has 0 atom stereocenters. The zero-order chi connectivity index (χ0) is 12.1. The van der Waals surface area contributed by atoms with Gasteiger partial charge >= 0.3 is 5.97 Å². The fourth-order valence-corrected chi connectivity index (χ4v) is 1.53. The zero-order valence-electron chi connectivity index (χ0n) is 10.5. The summed E-state index contributed by atoms with van der Waals surface area (Å²) in [4.78, 5) is 10.2. The maximum absolute atomic E-state index is 10.2. The minimum absolute atomic E-state index is 0.0185. The lowest BCUT2D eigenvalue weighted by atomic mass is 10.1. The van der Waals surface area contributed by atoms with E-state index in [1.807, 2.05) is 0 Å². The lowest BCUT2D eigenvalue weighted by molar-refractivity contribution is -0.141. The topological polar surface area (TPSA) is 63.3 Å². The average molecular weight is 217 g/mol. The first kappa shape index (κ1) is 16.8. The van der Waals surface area contributed by atoms with Crippen LogP contribution in [0.4, 0.5) is 0 Å². The Bertz CT molecular complexity index is 130. The Morgan fingerprint density at radius 1 is 1.20 bits per heavy atom. The molecule has 1 aliphatic carbocycles. The monoisotopic (exact) mass is 217 g/mol. The summed E-state index contributed by atoms with van der Waals surface area (Å²) in [6, 6.07) is 0. The van der Waals surface area contributed by atoms with Crippen LogP contribution in [-0.4, -0.2) is 18.1 Å². The Labute approximate surface area is 94.1 Å². The number of carboxylic acid groups (broad SMARTS) is 1. The molecule has 1 saturated carbocycles. The molecule has 0 bridgehead atoms. The first-order chi connectivity index (χ1) is 7.22. The number of hydrogen-bond donors (Lipinski definition) is 2. The molecule has 1 rings (SSSR count). The molecule has 0 aromatic heterocycles. The Kier molecular flexibility index (Phi) is 15.1. The number of unbranched alkanes of at least 4 members (excludes halogenated alkanes) is 2. The molecule has 3 heteroatoms. The molecule has 0 radical (unpaired) electrons. The second-order valence-corrected chi connectivity index (χ2v) is 3.67. The normalized spacial score (nSPS) is 14.7. The van der Waals surface area contributed by atoms with Crippen molar-refractivity contribution in [2.24, 2.45) is 11.7 Å². The van der Waals surface area contributed by atoms with E-state index in [0.717, 1.165) is 25.7 Å². The quantitative estimate of drug-likeness (QED) is 0.763. The third-order valence-corrected chi connectivity index (χ3v) is 2.41. The standard InChI is InChI=1S/C6H10O2.C5H12.CH5N/c7-6(8)5-3-1-2-4-5;1-3-5-4-2;1-2/h5H,1-4H2,(H,7,8);3-5H2,1-2H3;2H2,1H3. The van der Waals surface area contributed by atoms with Crippen LogP contribution in [-0.2, 0) is 4.79 Å². The fourth-order valence-electron chi connectivity index (χ4n) is 1.53. The summed E-state index contributed by atoms with van der Waals surface area (Å²) in [5.41, 5.74) is 4.50. The molecule has 0 aromatic carbocycles. The number of rotatable bonds is 3. The first-order valence-electron chi connectivity index (χ1n) is 6.02. The van der Waals surface area contributed by atoms with E-state index in [0.29, 0.717) is 0 Å². The van der Waals surface area contributed by atoms with Crippen LogP contribution in [0.5, 0.6) is 0 Å². The number of carboxylic acids is 1. The van der Waals surface area contributed by atoms with E-state index >= 15 is 0 Å². The van der Waals surface area contributed by atoms with E-state index < -0.39 is 5.97 Å². The highest BCUT2D eigenvalue weighted by atomic mass is 16.4. The molecule has 0 spiro atoms. The van der Waals surface area contributed by atoms with Gasteiger partial charge in [-0.25, -0.2) is 0 Å². The molecule has 0 unspecified atom stereocenters. The molecule has 1 aliphatic rings. The molecule has 92 valence electrons. The molecule has 0 saturated heterocycles. The maximum Gasteiger partial charge on any atom is 0.306 e. The number of hydrogen-bond acceptors (Lipinski definition) is 2. The van der Waals surface area contributed by atoms with Gasteiger partial charge in [0.1, 0.15) is 0 Å². The average Bonchev–Trinajstić information content (AvgIpc) is 2.76. The van der Waals surface area contributed by atoms with Gasteiger partial charge in [0.15, 0.2) is 0 Å². The predicted octanol–water partition coefficient (Wildman–Crippen LogP) is 3.03. The van der Waals surface area contributed by atoms with E-state index in [-0.39, 0.29) is 5.92 Å². The van der Waals surface area contributed by atoms with Gasteiger partial charge in [0.05, 0.1) is 5.92 Å². The van der Waals surface area contributed by atoms with Crippen molar-refractivity contribution in [3.63, 3.8) is 0 Å². The molecule has 0 heterocycles. The van der Waals surface area contributed by atoms with Crippen LogP contribution in [0, 0.1) is 5.92 Å². The Hall–Kier alpha value is -0.570. The third-order valence-electron chi connectivity index (χ3n) is 2.41. The van der Waals surface area contributed by atoms with Gasteiger partial charge in [-0.2, -0.15) is 0 Å². The van der Waals surface area contributed by atoms with Gasteiger partial charge in [-0.3, -0.25) is 4.79 Å². The second-order valence-electron chi connectivity index (χ2n) is 3.67.